The zero-order chi connectivity index (χ0) is 20.1. The van der Waals surface area contributed by atoms with E-state index in [1.165, 1.54) is 0 Å². The number of hydrogen-bond donors (Lipinski definition) is 1. The molecule has 5 nitrogen and oxygen atoms in total. The summed E-state index contributed by atoms with van der Waals surface area (Å²) in [5, 5.41) is 29.8. The monoisotopic (exact) mass is 372 g/mol. The van der Waals surface area contributed by atoms with E-state index in [1.807, 2.05) is 24.3 Å². The van der Waals surface area contributed by atoms with Crippen LogP contribution in [0.4, 0.5) is 0 Å². The van der Waals surface area contributed by atoms with Gasteiger partial charge in [0.1, 0.15) is 5.75 Å². The van der Waals surface area contributed by atoms with Gasteiger partial charge in [0.05, 0.1) is 36.1 Å². The summed E-state index contributed by atoms with van der Waals surface area (Å²) in [5.74, 6) is 0.292. The molecule has 28 heavy (non-hydrogen) atoms. The van der Waals surface area contributed by atoms with E-state index in [2.05, 4.69) is 31.2 Å². The molecule has 0 amide bonds. The topological polar surface area (TPSA) is 107 Å². The van der Waals surface area contributed by atoms with E-state index in [4.69, 9.17) is 10.5 Å². The van der Waals surface area contributed by atoms with E-state index in [9.17, 15) is 15.8 Å². The van der Waals surface area contributed by atoms with Crippen molar-refractivity contribution in [3.05, 3.63) is 52.7 Å². The summed E-state index contributed by atoms with van der Waals surface area (Å²) in [6.07, 6.45) is 6.83. The third-order valence-corrected chi connectivity index (χ3v) is 5.80. The number of nitriles is 3. The van der Waals surface area contributed by atoms with Gasteiger partial charge >= 0.3 is 0 Å². The predicted molar refractivity (Wildman–Crippen MR) is 105 cm³/mol. The minimum absolute atomic E-state index is 0.0444. The number of nitrogens with two attached hydrogens (primary N) is 1. The zero-order valence-electron chi connectivity index (χ0n) is 16.1. The van der Waals surface area contributed by atoms with Crippen molar-refractivity contribution in [2.75, 3.05) is 6.61 Å². The van der Waals surface area contributed by atoms with Gasteiger partial charge in [0.15, 0.2) is 5.41 Å². The summed E-state index contributed by atoms with van der Waals surface area (Å²) in [5.41, 5.74) is 6.86. The fourth-order valence-electron chi connectivity index (χ4n) is 4.38. The summed E-state index contributed by atoms with van der Waals surface area (Å²) >= 11 is 0. The second-order valence-corrected chi connectivity index (χ2v) is 7.38. The van der Waals surface area contributed by atoms with Gasteiger partial charge in [-0.15, -0.1) is 0 Å². The van der Waals surface area contributed by atoms with E-state index < -0.39 is 11.3 Å². The van der Waals surface area contributed by atoms with Gasteiger partial charge in [-0.25, -0.2) is 0 Å². The highest BCUT2D eigenvalue weighted by atomic mass is 16.5. The number of allylic oxidation sites excluding steroid dienone is 3. The van der Waals surface area contributed by atoms with Gasteiger partial charge in [0.25, 0.3) is 0 Å². The first-order valence-electron chi connectivity index (χ1n) is 9.79. The minimum Gasteiger partial charge on any atom is -0.494 e. The first kappa shape index (κ1) is 19.5. The largest absolute Gasteiger partial charge is 0.494 e. The van der Waals surface area contributed by atoms with Crippen molar-refractivity contribution >= 4 is 0 Å². The number of ether oxygens (including phenoxy) is 1. The lowest BCUT2D eigenvalue weighted by Crippen LogP contribution is -2.41. The first-order chi connectivity index (χ1) is 13.6. The van der Waals surface area contributed by atoms with Crippen LogP contribution in [0.25, 0.3) is 0 Å². The molecule has 0 fully saturated rings. The highest BCUT2D eigenvalue weighted by Gasteiger charge is 2.54. The highest BCUT2D eigenvalue weighted by molar-refractivity contribution is 5.59. The molecule has 2 atom stereocenters. The molecule has 1 aromatic carbocycles. The van der Waals surface area contributed by atoms with Crippen LogP contribution in [0.3, 0.4) is 0 Å². The Morgan fingerprint density at radius 2 is 1.89 bits per heavy atom. The van der Waals surface area contributed by atoms with E-state index >= 15 is 0 Å². The summed E-state index contributed by atoms with van der Waals surface area (Å²) in [7, 11) is 0. The second kappa shape index (κ2) is 8.20. The fourth-order valence-corrected chi connectivity index (χ4v) is 4.38. The number of rotatable bonds is 5. The van der Waals surface area contributed by atoms with Gasteiger partial charge in [-0.1, -0.05) is 31.6 Å². The molecule has 2 aliphatic carbocycles. The lowest BCUT2D eigenvalue weighted by Gasteiger charge is -2.43. The Morgan fingerprint density at radius 1 is 1.18 bits per heavy atom. The summed E-state index contributed by atoms with van der Waals surface area (Å²) in [6, 6.07) is 14.0. The van der Waals surface area contributed by atoms with Gasteiger partial charge in [0, 0.05) is 5.92 Å². The van der Waals surface area contributed by atoms with Crippen LogP contribution in [0, 0.1) is 45.3 Å². The Kier molecular flexibility index (Phi) is 5.72. The van der Waals surface area contributed by atoms with Crippen molar-refractivity contribution in [3.63, 3.8) is 0 Å². The molecule has 0 unspecified atom stereocenters. The Labute approximate surface area is 166 Å². The minimum atomic E-state index is -1.58. The quantitative estimate of drug-likeness (QED) is 0.768. The standard InChI is InChI=1S/C23H24N4O/c1-2-3-12-28-17-10-8-16(9-11-17)21-18-6-4-5-7-19(18)22(27)20(13-24)23(21,14-25)15-26/h7-11,18,21H,2-6,12,27H2,1H3/t18-,21-/m0/s1. The Hall–Kier alpha value is -3.23. The molecule has 3 rings (SSSR count). The Balaban J connectivity index is 2.08. The molecule has 1 aromatic rings. The van der Waals surface area contributed by atoms with E-state index in [0.717, 1.165) is 49.0 Å². The fraction of sp³-hybridized carbons (Fsp3) is 0.435. The third kappa shape index (κ3) is 3.12. The molecular formula is C23H24N4O. The second-order valence-electron chi connectivity index (χ2n) is 7.38. The van der Waals surface area contributed by atoms with Crippen molar-refractivity contribution in [3.8, 4) is 24.0 Å². The van der Waals surface area contributed by atoms with Crippen molar-refractivity contribution in [1.82, 2.24) is 0 Å². The van der Waals surface area contributed by atoms with E-state index in [0.29, 0.717) is 12.3 Å². The van der Waals surface area contributed by atoms with Crippen LogP contribution in [-0.2, 0) is 0 Å². The molecule has 0 saturated heterocycles. The van der Waals surface area contributed by atoms with Gasteiger partial charge < -0.3 is 10.5 Å². The molecular weight excluding hydrogens is 348 g/mol. The maximum atomic E-state index is 10.0. The molecule has 0 aromatic heterocycles. The summed E-state index contributed by atoms with van der Waals surface area (Å²) in [4.78, 5) is 0. The van der Waals surface area contributed by atoms with Crippen molar-refractivity contribution < 1.29 is 4.74 Å². The van der Waals surface area contributed by atoms with Crippen LogP contribution >= 0.6 is 0 Å². The predicted octanol–water partition coefficient (Wildman–Crippen LogP) is 4.46. The Bertz CT molecular complexity index is 907. The molecule has 0 spiro atoms. The number of fused-ring (bicyclic) bond motifs is 1. The number of hydrogen-bond acceptors (Lipinski definition) is 5. The van der Waals surface area contributed by atoms with Crippen molar-refractivity contribution in [1.29, 1.82) is 15.8 Å². The molecule has 0 saturated carbocycles. The average molecular weight is 372 g/mol. The lowest BCUT2D eigenvalue weighted by molar-refractivity contribution is 0.307. The summed E-state index contributed by atoms with van der Waals surface area (Å²) < 4.78 is 5.74. The highest BCUT2D eigenvalue weighted by Crippen LogP contribution is 2.56. The lowest BCUT2D eigenvalue weighted by atomic mass is 9.56. The molecule has 0 radical (unpaired) electrons. The van der Waals surface area contributed by atoms with Crippen LogP contribution in [0.5, 0.6) is 5.75 Å². The van der Waals surface area contributed by atoms with Crippen LogP contribution in [0.1, 0.15) is 50.5 Å². The van der Waals surface area contributed by atoms with Gasteiger partial charge in [0.2, 0.25) is 0 Å². The third-order valence-electron chi connectivity index (χ3n) is 5.80. The maximum absolute atomic E-state index is 10.0. The number of nitrogens with zero attached hydrogens (tertiary/aromatic N) is 3. The Morgan fingerprint density at radius 3 is 2.50 bits per heavy atom. The van der Waals surface area contributed by atoms with Crippen LogP contribution in [0.15, 0.2) is 47.2 Å². The molecule has 0 aliphatic heterocycles. The molecule has 5 heteroatoms. The molecule has 0 heterocycles. The SMILES string of the molecule is CCCCOc1ccc([C@H]2[C@H]3CCCC=C3C(N)=C(C#N)C2(C#N)C#N)cc1. The van der Waals surface area contributed by atoms with Crippen LogP contribution in [0.2, 0.25) is 0 Å². The average Bonchev–Trinajstić information content (AvgIpc) is 2.74. The van der Waals surface area contributed by atoms with E-state index in [1.54, 1.807) is 0 Å². The van der Waals surface area contributed by atoms with E-state index in [-0.39, 0.29) is 11.5 Å². The summed E-state index contributed by atoms with van der Waals surface area (Å²) in [6.45, 7) is 2.77. The number of unbranched alkanes of at least 4 members (excludes halogenated alkanes) is 1. The molecule has 0 bridgehead atoms. The van der Waals surface area contributed by atoms with Gasteiger partial charge in [-0.2, -0.15) is 15.8 Å². The molecule has 142 valence electrons. The maximum Gasteiger partial charge on any atom is 0.187 e. The number of benzene rings is 1. The van der Waals surface area contributed by atoms with Gasteiger partial charge in [-0.05, 0) is 54.9 Å². The van der Waals surface area contributed by atoms with Crippen LogP contribution < -0.4 is 10.5 Å². The van der Waals surface area contributed by atoms with Crippen molar-refractivity contribution in [2.45, 2.75) is 44.9 Å². The van der Waals surface area contributed by atoms with Crippen LogP contribution in [-0.4, -0.2) is 6.61 Å². The normalized spacial score (nSPS) is 22.9. The first-order valence-corrected chi connectivity index (χ1v) is 9.79. The smallest absolute Gasteiger partial charge is 0.187 e. The van der Waals surface area contributed by atoms with Gasteiger partial charge in [-0.3, -0.25) is 0 Å². The molecule has 2 aliphatic rings. The molecule has 2 N–H and O–H groups in total. The zero-order valence-corrected chi connectivity index (χ0v) is 16.1. The van der Waals surface area contributed by atoms with Crippen molar-refractivity contribution in [2.24, 2.45) is 17.1 Å².